The van der Waals surface area contributed by atoms with Crippen LogP contribution in [-0.2, 0) is 19.5 Å². The van der Waals surface area contributed by atoms with E-state index in [1.807, 2.05) is 30.3 Å². The van der Waals surface area contributed by atoms with E-state index in [1.54, 1.807) is 17.2 Å². The number of halogens is 1. The average Bonchev–Trinajstić information content (AvgIpc) is 3.22. The molecule has 1 N–H and O–H groups in total. The summed E-state index contributed by atoms with van der Waals surface area (Å²) >= 11 is 0. The molecular weight excluding hydrogens is 443 g/mol. The maximum absolute atomic E-state index is 14.2. The Kier molecular flexibility index (Phi) is 6.51. The summed E-state index contributed by atoms with van der Waals surface area (Å²) in [6.07, 6.45) is 4.86. The molecule has 5 rings (SSSR count). The fraction of sp³-hybridized carbons (Fsp3) is 0.286. The number of carbonyl (C=O) groups is 1. The van der Waals surface area contributed by atoms with Crippen molar-refractivity contribution in [2.24, 2.45) is 0 Å². The summed E-state index contributed by atoms with van der Waals surface area (Å²) in [4.78, 5) is 19.8. The van der Waals surface area contributed by atoms with Crippen LogP contribution in [-0.4, -0.2) is 50.2 Å². The zero-order valence-corrected chi connectivity index (χ0v) is 19.8. The van der Waals surface area contributed by atoms with Gasteiger partial charge in [-0.2, -0.15) is 0 Å². The minimum atomic E-state index is -0.893. The van der Waals surface area contributed by atoms with Crippen LogP contribution in [0.5, 0.6) is 0 Å². The Hall–Kier alpha value is -3.71. The minimum Gasteiger partial charge on any atom is -0.465 e. The normalized spacial score (nSPS) is 16.6. The second-order valence-electron chi connectivity index (χ2n) is 9.09. The summed E-state index contributed by atoms with van der Waals surface area (Å²) in [7, 11) is 0. The van der Waals surface area contributed by atoms with Gasteiger partial charge in [0.2, 0.25) is 0 Å². The Balaban J connectivity index is 1.47. The van der Waals surface area contributed by atoms with Crippen molar-refractivity contribution < 1.29 is 14.3 Å². The van der Waals surface area contributed by atoms with E-state index in [1.165, 1.54) is 11.8 Å². The maximum atomic E-state index is 14.2. The lowest BCUT2D eigenvalue weighted by molar-refractivity contribution is 0.0641. The van der Waals surface area contributed by atoms with Crippen LogP contribution in [0.2, 0.25) is 0 Å². The van der Waals surface area contributed by atoms with E-state index in [0.29, 0.717) is 31.7 Å². The van der Waals surface area contributed by atoms with Crippen LogP contribution in [0, 0.1) is 5.82 Å². The van der Waals surface area contributed by atoms with Crippen LogP contribution in [0.25, 0.3) is 10.9 Å². The molecule has 1 aliphatic rings. The molecule has 0 saturated carbocycles. The van der Waals surface area contributed by atoms with Crippen LogP contribution in [0.3, 0.4) is 0 Å². The van der Waals surface area contributed by atoms with Gasteiger partial charge in [-0.15, -0.1) is 0 Å². The van der Waals surface area contributed by atoms with E-state index in [9.17, 15) is 14.3 Å². The minimum absolute atomic E-state index is 0.250. The maximum Gasteiger partial charge on any atom is 0.407 e. The highest BCUT2D eigenvalue weighted by Crippen LogP contribution is 2.31. The number of hydrogen-bond donors (Lipinski definition) is 1. The second-order valence-corrected chi connectivity index (χ2v) is 9.09. The number of rotatable bonds is 6. The lowest BCUT2D eigenvalue weighted by atomic mass is 9.99. The first-order valence-corrected chi connectivity index (χ1v) is 12.0. The predicted molar refractivity (Wildman–Crippen MR) is 134 cm³/mol. The second kappa shape index (κ2) is 9.88. The van der Waals surface area contributed by atoms with Gasteiger partial charge in [0.1, 0.15) is 5.82 Å². The number of carboxylic acid groups (broad SMARTS) is 1. The van der Waals surface area contributed by atoms with Crippen molar-refractivity contribution in [2.45, 2.75) is 32.5 Å². The number of amides is 1. The molecule has 0 spiro atoms. The summed E-state index contributed by atoms with van der Waals surface area (Å²) in [6, 6.07) is 17.9. The first-order valence-electron chi connectivity index (χ1n) is 12.0. The van der Waals surface area contributed by atoms with Crippen molar-refractivity contribution in [3.05, 3.63) is 101 Å². The fourth-order valence-corrected chi connectivity index (χ4v) is 5.06. The van der Waals surface area contributed by atoms with Crippen molar-refractivity contribution in [2.75, 3.05) is 19.6 Å². The monoisotopic (exact) mass is 472 g/mol. The number of nitrogens with zero attached hydrogens (tertiary/aromatic N) is 4. The molecule has 1 aliphatic heterocycles. The molecule has 1 fully saturated rings. The molecule has 0 radical (unpaired) electrons. The molecule has 1 atom stereocenters. The van der Waals surface area contributed by atoms with Crippen LogP contribution >= 0.6 is 0 Å². The van der Waals surface area contributed by atoms with Gasteiger partial charge < -0.3 is 9.67 Å². The molecule has 0 aliphatic carbocycles. The lowest BCUT2D eigenvalue weighted by Gasteiger charge is -2.40. The van der Waals surface area contributed by atoms with Gasteiger partial charge in [-0.3, -0.25) is 14.8 Å². The molecule has 180 valence electrons. The molecular formula is C28H29FN4O2. The number of hydrogen-bond acceptors (Lipinski definition) is 3. The number of fused-ring (bicyclic) bond motifs is 1. The highest BCUT2D eigenvalue weighted by molar-refractivity contribution is 5.85. The Labute approximate surface area is 204 Å². The summed E-state index contributed by atoms with van der Waals surface area (Å²) in [5.41, 5.74) is 4.97. The predicted octanol–water partition coefficient (Wildman–Crippen LogP) is 5.32. The summed E-state index contributed by atoms with van der Waals surface area (Å²) in [5, 5.41) is 11.0. The Morgan fingerprint density at radius 3 is 2.66 bits per heavy atom. The molecule has 2 aromatic carbocycles. The third kappa shape index (κ3) is 4.77. The zero-order valence-electron chi connectivity index (χ0n) is 19.8. The van der Waals surface area contributed by atoms with E-state index >= 15 is 0 Å². The molecule has 35 heavy (non-hydrogen) atoms. The van der Waals surface area contributed by atoms with Crippen molar-refractivity contribution >= 4 is 17.0 Å². The van der Waals surface area contributed by atoms with Gasteiger partial charge in [0.15, 0.2) is 0 Å². The third-order valence-corrected chi connectivity index (χ3v) is 6.91. The molecule has 4 aromatic rings. The largest absolute Gasteiger partial charge is 0.465 e. The van der Waals surface area contributed by atoms with Gasteiger partial charge in [0.25, 0.3) is 0 Å². The van der Waals surface area contributed by atoms with Gasteiger partial charge in [0.05, 0.1) is 18.8 Å². The Morgan fingerprint density at radius 1 is 1.09 bits per heavy atom. The standard InChI is InChI=1S/C28H29FN4O2/c1-2-21-17-32(18-23-10-11-30-15-25(23)29)26-9-8-22(14-24(21)26)27-19-31(12-13-33(27)28(34)35)16-20-6-4-3-5-7-20/h3-11,14-15,17,27H,2,12-13,16,18-19H2,1H3,(H,34,35). The lowest BCUT2D eigenvalue weighted by Crippen LogP contribution is -2.49. The number of benzene rings is 2. The first kappa shape index (κ1) is 23.1. The highest BCUT2D eigenvalue weighted by atomic mass is 19.1. The molecule has 2 aromatic heterocycles. The topological polar surface area (TPSA) is 61.6 Å². The summed E-state index contributed by atoms with van der Waals surface area (Å²) in [6.45, 7) is 5.12. The highest BCUT2D eigenvalue weighted by Gasteiger charge is 2.32. The number of piperazine rings is 1. The average molecular weight is 473 g/mol. The number of aromatic nitrogens is 2. The van der Waals surface area contributed by atoms with Crippen molar-refractivity contribution in [1.82, 2.24) is 19.4 Å². The van der Waals surface area contributed by atoms with Gasteiger partial charge in [0, 0.05) is 55.0 Å². The fourth-order valence-electron chi connectivity index (χ4n) is 5.06. The molecule has 7 heteroatoms. The van der Waals surface area contributed by atoms with Gasteiger partial charge in [-0.1, -0.05) is 43.3 Å². The smallest absolute Gasteiger partial charge is 0.407 e. The third-order valence-electron chi connectivity index (χ3n) is 6.91. The number of aryl methyl sites for hydroxylation is 1. The molecule has 1 saturated heterocycles. The van der Waals surface area contributed by atoms with E-state index in [0.717, 1.165) is 35.0 Å². The number of pyridine rings is 1. The van der Waals surface area contributed by atoms with Crippen LogP contribution < -0.4 is 0 Å². The van der Waals surface area contributed by atoms with E-state index < -0.39 is 6.09 Å². The van der Waals surface area contributed by atoms with E-state index in [2.05, 4.69) is 45.8 Å². The Bertz CT molecular complexity index is 1340. The molecule has 3 heterocycles. The summed E-state index contributed by atoms with van der Waals surface area (Å²) in [5.74, 6) is -0.318. The quantitative estimate of drug-likeness (QED) is 0.412. The molecule has 1 unspecified atom stereocenters. The van der Waals surface area contributed by atoms with Crippen LogP contribution in [0.4, 0.5) is 9.18 Å². The van der Waals surface area contributed by atoms with Gasteiger partial charge >= 0.3 is 6.09 Å². The van der Waals surface area contributed by atoms with Crippen LogP contribution in [0.1, 0.15) is 35.2 Å². The van der Waals surface area contributed by atoms with Crippen molar-refractivity contribution in [3.63, 3.8) is 0 Å². The van der Waals surface area contributed by atoms with Crippen LogP contribution in [0.15, 0.2) is 73.2 Å². The summed E-state index contributed by atoms with van der Waals surface area (Å²) < 4.78 is 16.3. The first-order chi connectivity index (χ1) is 17.0. The molecule has 0 bridgehead atoms. The Morgan fingerprint density at radius 2 is 1.91 bits per heavy atom. The zero-order chi connectivity index (χ0) is 24.4. The van der Waals surface area contributed by atoms with E-state index in [4.69, 9.17) is 0 Å². The van der Waals surface area contributed by atoms with Crippen molar-refractivity contribution in [3.8, 4) is 0 Å². The van der Waals surface area contributed by atoms with Gasteiger partial charge in [-0.25, -0.2) is 9.18 Å². The van der Waals surface area contributed by atoms with E-state index in [-0.39, 0.29) is 11.9 Å². The molecule has 6 nitrogen and oxygen atoms in total. The van der Waals surface area contributed by atoms with Crippen molar-refractivity contribution in [1.29, 1.82) is 0 Å². The van der Waals surface area contributed by atoms with Gasteiger partial charge in [-0.05, 0) is 41.3 Å². The molecule has 1 amide bonds. The SMILES string of the molecule is CCc1cn(Cc2ccncc2F)c2ccc(C3CN(Cc4ccccc4)CCN3C(=O)O)cc12.